The Balaban J connectivity index is 1.65. The molecule has 1 aliphatic heterocycles. The van der Waals surface area contributed by atoms with Crippen molar-refractivity contribution in [2.24, 2.45) is 28.4 Å². The number of fused-ring (bicyclic) bond motifs is 1. The molecule has 2 aliphatic carbocycles. The van der Waals surface area contributed by atoms with Crippen LogP contribution in [0.1, 0.15) is 49.9 Å². The van der Waals surface area contributed by atoms with E-state index in [-0.39, 0.29) is 35.7 Å². The molecule has 9 nitrogen and oxygen atoms in total. The van der Waals surface area contributed by atoms with E-state index in [0.717, 1.165) is 5.57 Å². The van der Waals surface area contributed by atoms with E-state index in [1.165, 1.54) is 24.3 Å². The minimum Gasteiger partial charge on any atom is -0.458 e. The summed E-state index contributed by atoms with van der Waals surface area (Å²) in [6, 6.07) is 5.57. The molecule has 3 aliphatic rings. The molecule has 0 spiro atoms. The Labute approximate surface area is 209 Å². The van der Waals surface area contributed by atoms with Crippen LogP contribution < -0.4 is 5.73 Å². The number of hydrogen-bond donors (Lipinski definition) is 1. The third-order valence-corrected chi connectivity index (χ3v) is 8.36. The van der Waals surface area contributed by atoms with Crippen molar-refractivity contribution in [3.63, 3.8) is 0 Å². The van der Waals surface area contributed by atoms with Gasteiger partial charge in [-0.3, -0.25) is 14.9 Å². The molecule has 1 heterocycles. The zero-order valence-corrected chi connectivity index (χ0v) is 20.4. The maximum atomic E-state index is 13.0. The van der Waals surface area contributed by atoms with E-state index in [1.807, 2.05) is 6.08 Å². The highest BCUT2D eigenvalue weighted by atomic mass is 16.6. The largest absolute Gasteiger partial charge is 0.458 e. The first-order valence-electron chi connectivity index (χ1n) is 12.0. The Hall–Kier alpha value is -3.75. The summed E-state index contributed by atoms with van der Waals surface area (Å²) in [6.07, 6.45) is 6.81. The molecule has 1 amide bonds. The monoisotopic (exact) mass is 494 g/mol. The predicted octanol–water partition coefficient (Wildman–Crippen LogP) is 4.03. The number of carbonyl (C=O) groups is 3. The first-order chi connectivity index (χ1) is 17.0. The summed E-state index contributed by atoms with van der Waals surface area (Å²) in [4.78, 5) is 48.7. The van der Waals surface area contributed by atoms with Crippen molar-refractivity contribution in [3.05, 3.63) is 75.9 Å². The van der Waals surface area contributed by atoms with Crippen LogP contribution in [0.4, 0.5) is 5.69 Å². The highest BCUT2D eigenvalue weighted by Crippen LogP contribution is 2.62. The number of carbonyl (C=O) groups excluding carboxylic acids is 3. The van der Waals surface area contributed by atoms with Crippen LogP contribution in [0.25, 0.3) is 0 Å². The summed E-state index contributed by atoms with van der Waals surface area (Å²) in [5, 5.41) is 11.4. The van der Waals surface area contributed by atoms with Crippen LogP contribution in [0.2, 0.25) is 0 Å². The standard InChI is InChI=1S/C27H30N2O7/c1-16-8-11-21-26(2,19(16)10-9-17-13-15-35-23(17)30)14-12-22(27(21,3)25(28)32)36-24(31)18-6-4-5-7-20(18)29(33)34/h4-7,9-10,13,19,21-22H,1,8,11-12,14-15H2,2-3H3,(H2,28,32)/b10-9+/t19-,21+,22-,26-,27+/m1/s1. The first-order valence-corrected chi connectivity index (χ1v) is 12.0. The quantitative estimate of drug-likeness (QED) is 0.272. The number of ether oxygens (including phenoxy) is 2. The maximum Gasteiger partial charge on any atom is 0.345 e. The van der Waals surface area contributed by atoms with Crippen molar-refractivity contribution in [1.29, 1.82) is 0 Å². The molecule has 0 aromatic heterocycles. The van der Waals surface area contributed by atoms with Crippen LogP contribution in [0.3, 0.4) is 0 Å². The van der Waals surface area contributed by atoms with Gasteiger partial charge in [0.15, 0.2) is 0 Å². The number of cyclic esters (lactones) is 1. The number of nitrogens with two attached hydrogens (primary N) is 1. The highest BCUT2D eigenvalue weighted by molar-refractivity contribution is 5.94. The summed E-state index contributed by atoms with van der Waals surface area (Å²) in [7, 11) is 0. The summed E-state index contributed by atoms with van der Waals surface area (Å²) in [6.45, 7) is 8.32. The van der Waals surface area contributed by atoms with Gasteiger partial charge < -0.3 is 15.2 Å². The van der Waals surface area contributed by atoms with E-state index < -0.39 is 33.7 Å². The van der Waals surface area contributed by atoms with Crippen molar-refractivity contribution < 1.29 is 28.8 Å². The van der Waals surface area contributed by atoms with Gasteiger partial charge in [0.2, 0.25) is 5.91 Å². The maximum absolute atomic E-state index is 13.0. The fourth-order valence-electron chi connectivity index (χ4n) is 6.35. The summed E-state index contributed by atoms with van der Waals surface area (Å²) < 4.78 is 10.8. The van der Waals surface area contributed by atoms with Gasteiger partial charge in [0.1, 0.15) is 18.3 Å². The van der Waals surface area contributed by atoms with Crippen molar-refractivity contribution >= 4 is 23.5 Å². The fourth-order valence-corrected chi connectivity index (χ4v) is 6.35. The smallest absolute Gasteiger partial charge is 0.345 e. The normalized spacial score (nSPS) is 31.9. The lowest BCUT2D eigenvalue weighted by atomic mass is 9.46. The van der Waals surface area contributed by atoms with E-state index in [9.17, 15) is 24.5 Å². The van der Waals surface area contributed by atoms with Gasteiger partial charge in [-0.25, -0.2) is 9.59 Å². The number of rotatable bonds is 6. The number of hydrogen-bond acceptors (Lipinski definition) is 7. The Kier molecular flexibility index (Phi) is 6.60. The molecule has 2 N–H and O–H groups in total. The number of nitro groups is 1. The predicted molar refractivity (Wildman–Crippen MR) is 130 cm³/mol. The van der Waals surface area contributed by atoms with E-state index in [0.29, 0.717) is 31.3 Å². The molecule has 2 saturated carbocycles. The number of para-hydroxylation sites is 1. The fraction of sp³-hybridized carbons (Fsp3) is 0.444. The van der Waals surface area contributed by atoms with Crippen molar-refractivity contribution in [3.8, 4) is 0 Å². The summed E-state index contributed by atoms with van der Waals surface area (Å²) in [5.41, 5.74) is 5.29. The van der Waals surface area contributed by atoms with Gasteiger partial charge in [0.05, 0.1) is 15.9 Å². The van der Waals surface area contributed by atoms with Gasteiger partial charge in [0.25, 0.3) is 5.69 Å². The molecule has 1 aromatic carbocycles. The van der Waals surface area contributed by atoms with Crippen LogP contribution in [-0.4, -0.2) is 35.5 Å². The van der Waals surface area contributed by atoms with Gasteiger partial charge in [0, 0.05) is 12.0 Å². The molecule has 2 fully saturated rings. The van der Waals surface area contributed by atoms with Gasteiger partial charge in [-0.15, -0.1) is 0 Å². The molecule has 4 rings (SSSR count). The number of amides is 1. The van der Waals surface area contributed by atoms with Crippen molar-refractivity contribution in [1.82, 2.24) is 0 Å². The van der Waals surface area contributed by atoms with Crippen LogP contribution in [0.5, 0.6) is 0 Å². The summed E-state index contributed by atoms with van der Waals surface area (Å²) in [5.74, 6) is -2.19. The average molecular weight is 495 g/mol. The minimum absolute atomic E-state index is 0.129. The highest BCUT2D eigenvalue weighted by Gasteiger charge is 2.61. The number of esters is 2. The lowest BCUT2D eigenvalue weighted by Gasteiger charge is -2.59. The van der Waals surface area contributed by atoms with Gasteiger partial charge >= 0.3 is 11.9 Å². The van der Waals surface area contributed by atoms with Crippen LogP contribution >= 0.6 is 0 Å². The molecule has 9 heteroatoms. The topological polar surface area (TPSA) is 139 Å². The van der Waals surface area contributed by atoms with Gasteiger partial charge in [-0.2, -0.15) is 0 Å². The number of allylic oxidation sites excluding steroid dienone is 2. The number of nitrogens with zero attached hydrogens (tertiary/aromatic N) is 1. The Morgan fingerprint density at radius 1 is 1.28 bits per heavy atom. The Morgan fingerprint density at radius 3 is 2.64 bits per heavy atom. The molecule has 36 heavy (non-hydrogen) atoms. The second kappa shape index (κ2) is 9.37. The molecule has 0 unspecified atom stereocenters. The third-order valence-electron chi connectivity index (χ3n) is 8.36. The first kappa shape index (κ1) is 25.3. The van der Waals surface area contributed by atoms with E-state index in [1.54, 1.807) is 19.1 Å². The Bertz CT molecular complexity index is 1200. The molecule has 0 saturated heterocycles. The zero-order valence-electron chi connectivity index (χ0n) is 20.4. The average Bonchev–Trinajstić information content (AvgIpc) is 3.24. The van der Waals surface area contributed by atoms with E-state index in [4.69, 9.17) is 15.2 Å². The van der Waals surface area contributed by atoms with E-state index in [2.05, 4.69) is 13.5 Å². The molecular formula is C27H30N2O7. The molecule has 5 atom stereocenters. The van der Waals surface area contributed by atoms with Crippen LogP contribution in [0.15, 0.2) is 60.2 Å². The lowest BCUT2D eigenvalue weighted by Crippen LogP contribution is -2.61. The van der Waals surface area contributed by atoms with Gasteiger partial charge in [-0.05, 0) is 56.1 Å². The molecule has 0 radical (unpaired) electrons. The zero-order chi connectivity index (χ0) is 26.3. The SMILES string of the molecule is C=C1CC[C@H]2[C@](C)(CC[C@@H](OC(=O)c3ccccc3[N+](=O)[O-])[C@@]2(C)C(N)=O)[C@@H]1/C=C/C1=CCOC1=O. The van der Waals surface area contributed by atoms with Crippen molar-refractivity contribution in [2.45, 2.75) is 45.6 Å². The number of primary amides is 1. The number of nitro benzene ring substituents is 1. The van der Waals surface area contributed by atoms with Crippen LogP contribution in [-0.2, 0) is 19.1 Å². The lowest BCUT2D eigenvalue weighted by molar-refractivity contribution is -0.385. The minimum atomic E-state index is -1.20. The molecular weight excluding hydrogens is 464 g/mol. The second-order valence-corrected chi connectivity index (χ2v) is 10.2. The number of benzene rings is 1. The van der Waals surface area contributed by atoms with Gasteiger partial charge in [-0.1, -0.05) is 43.4 Å². The molecule has 0 bridgehead atoms. The van der Waals surface area contributed by atoms with Crippen molar-refractivity contribution in [2.75, 3.05) is 6.61 Å². The summed E-state index contributed by atoms with van der Waals surface area (Å²) >= 11 is 0. The second-order valence-electron chi connectivity index (χ2n) is 10.2. The molecule has 1 aromatic rings. The van der Waals surface area contributed by atoms with Crippen LogP contribution in [0, 0.1) is 32.8 Å². The Morgan fingerprint density at radius 2 is 2.00 bits per heavy atom. The third kappa shape index (κ3) is 4.12. The molecule has 190 valence electrons. The van der Waals surface area contributed by atoms with E-state index >= 15 is 0 Å².